The lowest BCUT2D eigenvalue weighted by atomic mass is 10.1. The van der Waals surface area contributed by atoms with Gasteiger partial charge in [-0.3, -0.25) is 4.90 Å². The Morgan fingerprint density at radius 2 is 1.80 bits per heavy atom. The summed E-state index contributed by atoms with van der Waals surface area (Å²) in [6.45, 7) is 1.91. The highest BCUT2D eigenvalue weighted by Crippen LogP contribution is 2.22. The predicted molar refractivity (Wildman–Crippen MR) is 64.7 cm³/mol. The van der Waals surface area contributed by atoms with Crippen LogP contribution in [0, 0.1) is 0 Å². The van der Waals surface area contributed by atoms with E-state index in [2.05, 4.69) is 4.90 Å². The van der Waals surface area contributed by atoms with Gasteiger partial charge in [0.05, 0.1) is 0 Å². The first-order valence-corrected chi connectivity index (χ1v) is 6.28. The normalized spacial score (nSPS) is 20.1. The molecule has 1 aliphatic heterocycles. The first-order chi connectivity index (χ1) is 7.27. The van der Waals surface area contributed by atoms with Crippen LogP contribution < -0.4 is 5.73 Å². The number of anilines is 1. The minimum Gasteiger partial charge on any atom is -0.399 e. The van der Waals surface area contributed by atoms with E-state index in [0.717, 1.165) is 35.8 Å². The molecule has 1 saturated heterocycles. The van der Waals surface area contributed by atoms with Crippen molar-refractivity contribution in [1.82, 2.24) is 4.90 Å². The number of rotatable bonds is 2. The van der Waals surface area contributed by atoms with E-state index in [9.17, 15) is 5.11 Å². The Morgan fingerprint density at radius 1 is 1.20 bits per heavy atom. The molecule has 0 unspecified atom stereocenters. The number of aliphatic hydroxyl groups excluding tert-OH is 1. The van der Waals surface area contributed by atoms with Gasteiger partial charge < -0.3 is 10.8 Å². The quantitative estimate of drug-likeness (QED) is 0.744. The largest absolute Gasteiger partial charge is 0.399 e. The number of benzene rings is 1. The van der Waals surface area contributed by atoms with Gasteiger partial charge in [0.15, 0.2) is 0 Å². The summed E-state index contributed by atoms with van der Waals surface area (Å²) in [5, 5.41) is 10.1. The van der Waals surface area contributed by atoms with Crippen LogP contribution in [0.1, 0.15) is 11.8 Å². The van der Waals surface area contributed by atoms with Crippen molar-refractivity contribution < 1.29 is 5.11 Å². The molecule has 0 spiro atoms. The van der Waals surface area contributed by atoms with E-state index in [1.165, 1.54) is 0 Å². The molecular weight excluding hydrogens is 208 g/mol. The summed E-state index contributed by atoms with van der Waals surface area (Å²) in [4.78, 5) is 2.10. The molecule has 0 saturated carbocycles. The van der Waals surface area contributed by atoms with E-state index in [4.69, 9.17) is 5.73 Å². The summed E-state index contributed by atoms with van der Waals surface area (Å²) in [6, 6.07) is 7.44. The Morgan fingerprint density at radius 3 is 2.40 bits per heavy atom. The molecule has 15 heavy (non-hydrogen) atoms. The Labute approximate surface area is 94.3 Å². The molecule has 82 valence electrons. The Balaban J connectivity index is 2.05. The molecule has 1 aliphatic rings. The molecule has 3 N–H and O–H groups in total. The molecule has 1 atom stereocenters. The minimum absolute atomic E-state index is 0.480. The van der Waals surface area contributed by atoms with Crippen molar-refractivity contribution in [1.29, 1.82) is 0 Å². The summed E-state index contributed by atoms with van der Waals surface area (Å²) in [6.07, 6.45) is -0.480. The molecule has 3 nitrogen and oxygen atoms in total. The SMILES string of the molecule is Nc1ccc([C@H](O)N2CCSCC2)cc1. The maximum Gasteiger partial charge on any atom is 0.133 e. The highest BCUT2D eigenvalue weighted by atomic mass is 32.2. The van der Waals surface area contributed by atoms with Gasteiger partial charge in [-0.25, -0.2) is 0 Å². The number of nitrogens with zero attached hydrogens (tertiary/aromatic N) is 1. The fourth-order valence-electron chi connectivity index (χ4n) is 1.70. The Hall–Kier alpha value is -0.710. The molecule has 4 heteroatoms. The third kappa shape index (κ3) is 2.65. The number of aliphatic hydroxyl groups is 1. The zero-order valence-corrected chi connectivity index (χ0v) is 9.41. The van der Waals surface area contributed by atoms with Gasteiger partial charge in [0.1, 0.15) is 6.23 Å². The minimum atomic E-state index is -0.480. The van der Waals surface area contributed by atoms with Crippen molar-refractivity contribution >= 4 is 17.4 Å². The average Bonchev–Trinajstić information content (AvgIpc) is 2.30. The molecule has 1 aromatic carbocycles. The molecule has 0 amide bonds. The number of hydrogen-bond acceptors (Lipinski definition) is 4. The van der Waals surface area contributed by atoms with Crippen LogP contribution in [-0.2, 0) is 0 Å². The molecule has 2 rings (SSSR count). The van der Waals surface area contributed by atoms with E-state index in [1.54, 1.807) is 0 Å². The fraction of sp³-hybridized carbons (Fsp3) is 0.455. The highest BCUT2D eigenvalue weighted by Gasteiger charge is 2.19. The van der Waals surface area contributed by atoms with Crippen LogP contribution in [0.15, 0.2) is 24.3 Å². The monoisotopic (exact) mass is 224 g/mol. The van der Waals surface area contributed by atoms with Gasteiger partial charge in [-0.1, -0.05) is 12.1 Å². The number of hydrogen-bond donors (Lipinski definition) is 2. The van der Waals surface area contributed by atoms with Gasteiger partial charge >= 0.3 is 0 Å². The molecule has 1 aromatic rings. The fourth-order valence-corrected chi connectivity index (χ4v) is 2.63. The Kier molecular flexibility index (Phi) is 3.51. The zero-order valence-electron chi connectivity index (χ0n) is 8.60. The smallest absolute Gasteiger partial charge is 0.133 e. The van der Waals surface area contributed by atoms with Crippen LogP contribution in [0.25, 0.3) is 0 Å². The molecule has 0 radical (unpaired) electrons. The van der Waals surface area contributed by atoms with E-state index in [1.807, 2.05) is 36.0 Å². The van der Waals surface area contributed by atoms with Crippen LogP contribution in [0.3, 0.4) is 0 Å². The van der Waals surface area contributed by atoms with Crippen molar-refractivity contribution in [3.05, 3.63) is 29.8 Å². The summed E-state index contributed by atoms with van der Waals surface area (Å²) >= 11 is 1.94. The Bertz CT molecular complexity index is 309. The van der Waals surface area contributed by atoms with E-state index in [-0.39, 0.29) is 0 Å². The number of nitrogen functional groups attached to an aromatic ring is 1. The second kappa shape index (κ2) is 4.88. The van der Waals surface area contributed by atoms with E-state index < -0.39 is 6.23 Å². The van der Waals surface area contributed by atoms with Gasteiger partial charge in [-0.05, 0) is 17.7 Å². The van der Waals surface area contributed by atoms with Crippen LogP contribution in [0.2, 0.25) is 0 Å². The molecule has 0 aromatic heterocycles. The van der Waals surface area contributed by atoms with Gasteiger partial charge in [-0.15, -0.1) is 0 Å². The zero-order chi connectivity index (χ0) is 10.7. The molecule has 0 bridgehead atoms. The third-order valence-electron chi connectivity index (χ3n) is 2.63. The van der Waals surface area contributed by atoms with Crippen molar-refractivity contribution in [2.24, 2.45) is 0 Å². The third-order valence-corrected chi connectivity index (χ3v) is 3.57. The highest BCUT2D eigenvalue weighted by molar-refractivity contribution is 7.99. The second-order valence-corrected chi connectivity index (χ2v) is 4.91. The maximum absolute atomic E-state index is 10.1. The van der Waals surface area contributed by atoms with Crippen LogP contribution in [0.4, 0.5) is 5.69 Å². The molecule has 0 aliphatic carbocycles. The van der Waals surface area contributed by atoms with Crippen LogP contribution in [-0.4, -0.2) is 34.6 Å². The van der Waals surface area contributed by atoms with E-state index >= 15 is 0 Å². The lowest BCUT2D eigenvalue weighted by Gasteiger charge is -2.31. The van der Waals surface area contributed by atoms with Crippen LogP contribution in [0.5, 0.6) is 0 Å². The van der Waals surface area contributed by atoms with E-state index in [0.29, 0.717) is 0 Å². The number of nitrogens with two attached hydrogens (primary N) is 1. The summed E-state index contributed by atoms with van der Waals surface area (Å²) in [5.41, 5.74) is 7.27. The van der Waals surface area contributed by atoms with Gasteiger partial charge in [0, 0.05) is 30.3 Å². The summed E-state index contributed by atoms with van der Waals surface area (Å²) in [5.74, 6) is 2.21. The maximum atomic E-state index is 10.1. The molecule has 1 heterocycles. The standard InChI is InChI=1S/C11H16N2OS/c12-10-3-1-9(2-4-10)11(14)13-5-7-15-8-6-13/h1-4,11,14H,5-8,12H2/t11-/m0/s1. The predicted octanol–water partition coefficient (Wildman–Crippen LogP) is 1.31. The van der Waals surface area contributed by atoms with Crippen molar-refractivity contribution in [2.45, 2.75) is 6.23 Å². The van der Waals surface area contributed by atoms with Crippen molar-refractivity contribution in [3.63, 3.8) is 0 Å². The lowest BCUT2D eigenvalue weighted by molar-refractivity contribution is 0.00882. The molecular formula is C11H16N2OS. The lowest BCUT2D eigenvalue weighted by Crippen LogP contribution is -2.35. The van der Waals surface area contributed by atoms with Gasteiger partial charge in [0.2, 0.25) is 0 Å². The topological polar surface area (TPSA) is 49.5 Å². The first-order valence-electron chi connectivity index (χ1n) is 5.12. The van der Waals surface area contributed by atoms with Crippen molar-refractivity contribution in [3.8, 4) is 0 Å². The first kappa shape index (κ1) is 10.8. The summed E-state index contributed by atoms with van der Waals surface area (Å²) in [7, 11) is 0. The van der Waals surface area contributed by atoms with Crippen LogP contribution >= 0.6 is 11.8 Å². The van der Waals surface area contributed by atoms with Gasteiger partial charge in [-0.2, -0.15) is 11.8 Å². The number of thioether (sulfide) groups is 1. The van der Waals surface area contributed by atoms with Gasteiger partial charge in [0.25, 0.3) is 0 Å². The van der Waals surface area contributed by atoms with Crippen molar-refractivity contribution in [2.75, 3.05) is 30.3 Å². The summed E-state index contributed by atoms with van der Waals surface area (Å²) < 4.78 is 0. The molecule has 1 fully saturated rings. The second-order valence-electron chi connectivity index (χ2n) is 3.69. The average molecular weight is 224 g/mol.